The summed E-state index contributed by atoms with van der Waals surface area (Å²) in [5, 5.41) is 5.17. The molecule has 0 bridgehead atoms. The number of likely N-dealkylation sites (tertiary alicyclic amines) is 1. The molecule has 0 spiro atoms. The van der Waals surface area contributed by atoms with E-state index in [1.807, 2.05) is 38.1 Å². The minimum absolute atomic E-state index is 0.0137. The van der Waals surface area contributed by atoms with Gasteiger partial charge in [0.05, 0.1) is 5.41 Å². The molecular formula is C25H27N3O2S. The number of nitrogens with zero attached hydrogens (tertiary/aromatic N) is 2. The Bertz CT molecular complexity index is 1050. The lowest BCUT2D eigenvalue weighted by molar-refractivity contribution is -0.130. The monoisotopic (exact) mass is 433 g/mol. The molecule has 1 fully saturated rings. The van der Waals surface area contributed by atoms with Crippen LogP contribution in [0.5, 0.6) is 0 Å². The summed E-state index contributed by atoms with van der Waals surface area (Å²) in [5.41, 5.74) is 2.04. The van der Waals surface area contributed by atoms with Crippen LogP contribution in [0.3, 0.4) is 0 Å². The first kappa shape index (κ1) is 21.2. The summed E-state index contributed by atoms with van der Waals surface area (Å²) >= 11 is 1.70. The summed E-state index contributed by atoms with van der Waals surface area (Å²) < 4.78 is 0. The lowest BCUT2D eigenvalue weighted by atomic mass is 9.78. The Morgan fingerprint density at radius 3 is 2.65 bits per heavy atom. The van der Waals surface area contributed by atoms with E-state index in [1.165, 1.54) is 4.88 Å². The van der Waals surface area contributed by atoms with E-state index in [2.05, 4.69) is 33.9 Å². The molecule has 5 nitrogen and oxygen atoms in total. The Morgan fingerprint density at radius 2 is 1.94 bits per heavy atom. The standard InChI is InChI=1S/C25H27N3O2S/c1-18(2)27-24(30)25(12-14-28(17-25)23(29)21-10-5-6-13-26-21)16-19-8-3-4-9-20(19)22-11-7-15-31-22/h3-11,13,15,18H,12,14,16-17H2,1-2H3,(H,27,30)/t25-/m0/s1. The van der Waals surface area contributed by atoms with Crippen molar-refractivity contribution in [2.45, 2.75) is 32.7 Å². The molecule has 1 aliphatic rings. The Labute approximate surface area is 187 Å². The number of rotatable bonds is 6. The van der Waals surface area contributed by atoms with Gasteiger partial charge >= 0.3 is 0 Å². The van der Waals surface area contributed by atoms with E-state index in [4.69, 9.17) is 0 Å². The van der Waals surface area contributed by atoms with Crippen LogP contribution in [0.15, 0.2) is 66.2 Å². The third-order valence-electron chi connectivity index (χ3n) is 5.76. The topological polar surface area (TPSA) is 62.3 Å². The normalized spacial score (nSPS) is 18.4. The van der Waals surface area contributed by atoms with Gasteiger partial charge in [-0.15, -0.1) is 11.3 Å². The molecule has 6 heteroatoms. The first-order valence-electron chi connectivity index (χ1n) is 10.6. The van der Waals surface area contributed by atoms with Crippen molar-refractivity contribution in [2.24, 2.45) is 5.41 Å². The van der Waals surface area contributed by atoms with Gasteiger partial charge in [-0.2, -0.15) is 0 Å². The van der Waals surface area contributed by atoms with Crippen LogP contribution in [0.4, 0.5) is 0 Å². The second kappa shape index (κ2) is 9.02. The fourth-order valence-corrected chi connectivity index (χ4v) is 5.02. The summed E-state index contributed by atoms with van der Waals surface area (Å²) in [6, 6.07) is 17.8. The SMILES string of the molecule is CC(C)NC(=O)[C@]1(Cc2ccccc2-c2cccs2)CCN(C(=O)c2ccccn2)C1. The number of pyridine rings is 1. The molecule has 4 rings (SSSR count). The molecule has 0 radical (unpaired) electrons. The van der Waals surface area contributed by atoms with Gasteiger partial charge in [-0.3, -0.25) is 14.6 Å². The number of benzene rings is 1. The quantitative estimate of drug-likeness (QED) is 0.626. The van der Waals surface area contributed by atoms with Gasteiger partial charge in [-0.25, -0.2) is 0 Å². The van der Waals surface area contributed by atoms with E-state index in [9.17, 15) is 9.59 Å². The molecule has 31 heavy (non-hydrogen) atoms. The fraction of sp³-hybridized carbons (Fsp3) is 0.320. The van der Waals surface area contributed by atoms with Crippen LogP contribution in [0, 0.1) is 5.41 Å². The minimum Gasteiger partial charge on any atom is -0.353 e. The van der Waals surface area contributed by atoms with Crippen LogP contribution < -0.4 is 5.32 Å². The molecule has 160 valence electrons. The Hall–Kier alpha value is -2.99. The molecular weight excluding hydrogens is 406 g/mol. The van der Waals surface area contributed by atoms with E-state index >= 15 is 0 Å². The number of amides is 2. The molecule has 0 aliphatic carbocycles. The van der Waals surface area contributed by atoms with Crippen LogP contribution in [-0.2, 0) is 11.2 Å². The van der Waals surface area contributed by atoms with E-state index in [1.54, 1.807) is 34.6 Å². The summed E-state index contributed by atoms with van der Waals surface area (Å²) in [7, 11) is 0. The number of thiophene rings is 1. The van der Waals surface area contributed by atoms with Gasteiger partial charge in [0.15, 0.2) is 0 Å². The average molecular weight is 434 g/mol. The molecule has 2 amide bonds. The second-order valence-electron chi connectivity index (χ2n) is 8.41. The van der Waals surface area contributed by atoms with Crippen molar-refractivity contribution in [2.75, 3.05) is 13.1 Å². The molecule has 1 atom stereocenters. The molecule has 3 aromatic rings. The van der Waals surface area contributed by atoms with Gasteiger partial charge in [0.25, 0.3) is 5.91 Å². The maximum atomic E-state index is 13.4. The highest BCUT2D eigenvalue weighted by Gasteiger charge is 2.46. The first-order chi connectivity index (χ1) is 15.0. The van der Waals surface area contributed by atoms with Crippen molar-refractivity contribution in [1.82, 2.24) is 15.2 Å². The first-order valence-corrected chi connectivity index (χ1v) is 11.5. The van der Waals surface area contributed by atoms with Gasteiger partial charge in [-0.05, 0) is 61.4 Å². The predicted molar refractivity (Wildman–Crippen MR) is 124 cm³/mol. The zero-order valence-electron chi connectivity index (χ0n) is 17.9. The summed E-state index contributed by atoms with van der Waals surface area (Å²) in [4.78, 5) is 33.6. The Balaban J connectivity index is 1.65. The van der Waals surface area contributed by atoms with Crippen molar-refractivity contribution in [3.05, 3.63) is 77.4 Å². The van der Waals surface area contributed by atoms with Crippen molar-refractivity contribution >= 4 is 23.2 Å². The maximum absolute atomic E-state index is 13.4. The highest BCUT2D eigenvalue weighted by molar-refractivity contribution is 7.13. The van der Waals surface area contributed by atoms with Crippen molar-refractivity contribution < 1.29 is 9.59 Å². The number of carbonyl (C=O) groups excluding carboxylic acids is 2. The van der Waals surface area contributed by atoms with Gasteiger partial charge < -0.3 is 10.2 Å². The molecule has 1 saturated heterocycles. The largest absolute Gasteiger partial charge is 0.353 e. The zero-order valence-corrected chi connectivity index (χ0v) is 18.7. The predicted octanol–water partition coefficient (Wildman–Crippen LogP) is 4.41. The van der Waals surface area contributed by atoms with Crippen molar-refractivity contribution in [3.8, 4) is 10.4 Å². The number of aromatic nitrogens is 1. The van der Waals surface area contributed by atoms with E-state index < -0.39 is 5.41 Å². The zero-order chi connectivity index (χ0) is 21.8. The van der Waals surface area contributed by atoms with E-state index in [-0.39, 0.29) is 17.9 Å². The van der Waals surface area contributed by atoms with Gasteiger partial charge in [0.1, 0.15) is 5.69 Å². The Kier molecular flexibility index (Phi) is 6.18. The summed E-state index contributed by atoms with van der Waals surface area (Å²) in [6.45, 7) is 4.87. The van der Waals surface area contributed by atoms with Crippen LogP contribution >= 0.6 is 11.3 Å². The minimum atomic E-state index is -0.665. The highest BCUT2D eigenvalue weighted by Crippen LogP contribution is 2.39. The second-order valence-corrected chi connectivity index (χ2v) is 9.36. The Morgan fingerprint density at radius 1 is 1.13 bits per heavy atom. The molecule has 2 aromatic heterocycles. The summed E-state index contributed by atoms with van der Waals surface area (Å²) in [6.07, 6.45) is 2.84. The van der Waals surface area contributed by atoms with E-state index in [0.29, 0.717) is 31.6 Å². The molecule has 0 saturated carbocycles. The lowest BCUT2D eigenvalue weighted by Crippen LogP contribution is -2.47. The van der Waals surface area contributed by atoms with Crippen LogP contribution in [0.1, 0.15) is 36.3 Å². The molecule has 0 unspecified atom stereocenters. The molecule has 1 N–H and O–H groups in total. The van der Waals surface area contributed by atoms with Gasteiger partial charge in [-0.1, -0.05) is 36.4 Å². The third-order valence-corrected chi connectivity index (χ3v) is 6.66. The number of hydrogen-bond acceptors (Lipinski definition) is 4. The van der Waals surface area contributed by atoms with Gasteiger partial charge in [0, 0.05) is 30.2 Å². The number of hydrogen-bond donors (Lipinski definition) is 1. The number of carbonyl (C=O) groups is 2. The lowest BCUT2D eigenvalue weighted by Gasteiger charge is -2.30. The van der Waals surface area contributed by atoms with Gasteiger partial charge in [0.2, 0.25) is 5.91 Å². The van der Waals surface area contributed by atoms with Crippen LogP contribution in [0.25, 0.3) is 10.4 Å². The summed E-state index contributed by atoms with van der Waals surface area (Å²) in [5.74, 6) is -0.105. The van der Waals surface area contributed by atoms with Crippen molar-refractivity contribution in [1.29, 1.82) is 0 Å². The maximum Gasteiger partial charge on any atom is 0.272 e. The van der Waals surface area contributed by atoms with Crippen LogP contribution in [-0.4, -0.2) is 40.8 Å². The highest BCUT2D eigenvalue weighted by atomic mass is 32.1. The van der Waals surface area contributed by atoms with E-state index in [0.717, 1.165) is 11.1 Å². The smallest absolute Gasteiger partial charge is 0.272 e. The van der Waals surface area contributed by atoms with Crippen molar-refractivity contribution in [3.63, 3.8) is 0 Å². The third kappa shape index (κ3) is 4.54. The van der Waals surface area contributed by atoms with Crippen LogP contribution in [0.2, 0.25) is 0 Å². The molecule has 1 aromatic carbocycles. The number of nitrogens with one attached hydrogen (secondary N) is 1. The average Bonchev–Trinajstić information content (AvgIpc) is 3.45. The molecule has 3 heterocycles. The molecule has 1 aliphatic heterocycles. The fourth-order valence-electron chi connectivity index (χ4n) is 4.23.